The summed E-state index contributed by atoms with van der Waals surface area (Å²) in [6, 6.07) is 5.26. The average Bonchev–Trinajstić information content (AvgIpc) is 2.58. The van der Waals surface area contributed by atoms with E-state index >= 15 is 0 Å². The molecular formula is C18H20FN3O2. The van der Waals surface area contributed by atoms with Gasteiger partial charge in [-0.1, -0.05) is 6.07 Å². The smallest absolute Gasteiger partial charge is 0.268 e. The fourth-order valence-corrected chi connectivity index (χ4v) is 3.26. The van der Waals surface area contributed by atoms with Gasteiger partial charge in [-0.3, -0.25) is 4.79 Å². The summed E-state index contributed by atoms with van der Waals surface area (Å²) < 4.78 is 20.3. The number of H-pyrrole nitrogens is 1. The van der Waals surface area contributed by atoms with E-state index in [-0.39, 0.29) is 11.2 Å². The van der Waals surface area contributed by atoms with Gasteiger partial charge >= 0.3 is 0 Å². The van der Waals surface area contributed by atoms with Crippen molar-refractivity contribution in [1.82, 2.24) is 4.98 Å². The molecule has 1 aromatic heterocycles. The molecule has 1 aliphatic heterocycles. The molecule has 5 nitrogen and oxygen atoms in total. The second-order valence-corrected chi connectivity index (χ2v) is 6.55. The number of anilines is 1. The molecule has 2 heterocycles. The van der Waals surface area contributed by atoms with Crippen molar-refractivity contribution in [2.24, 2.45) is 0 Å². The summed E-state index contributed by atoms with van der Waals surface area (Å²) in [5.74, 6) is -0.393. The van der Waals surface area contributed by atoms with Gasteiger partial charge in [0.05, 0.1) is 22.2 Å². The molecule has 24 heavy (non-hydrogen) atoms. The number of pyridine rings is 1. The Bertz CT molecular complexity index is 890. The predicted octanol–water partition coefficient (Wildman–Crippen LogP) is 2.85. The van der Waals surface area contributed by atoms with Crippen LogP contribution in [-0.2, 0) is 4.74 Å². The molecule has 1 fully saturated rings. The lowest BCUT2D eigenvalue weighted by atomic mass is 9.92. The van der Waals surface area contributed by atoms with Crippen LogP contribution in [0.3, 0.4) is 0 Å². The Balaban J connectivity index is 2.21. The third-order valence-corrected chi connectivity index (χ3v) is 5.03. The molecule has 1 saturated heterocycles. The van der Waals surface area contributed by atoms with Crippen LogP contribution in [0.15, 0.2) is 16.9 Å². The highest BCUT2D eigenvalue weighted by molar-refractivity contribution is 5.95. The second kappa shape index (κ2) is 5.91. The van der Waals surface area contributed by atoms with Crippen LogP contribution < -0.4 is 10.5 Å². The highest BCUT2D eigenvalue weighted by atomic mass is 19.1. The molecule has 3 rings (SSSR count). The van der Waals surface area contributed by atoms with Gasteiger partial charge in [-0.15, -0.1) is 0 Å². The van der Waals surface area contributed by atoms with Gasteiger partial charge in [0, 0.05) is 20.2 Å². The van der Waals surface area contributed by atoms with Gasteiger partial charge in [-0.05, 0) is 38.3 Å². The molecule has 0 unspecified atom stereocenters. The third-order valence-electron chi connectivity index (χ3n) is 5.03. The Morgan fingerprint density at radius 1 is 1.38 bits per heavy atom. The Kier molecular flexibility index (Phi) is 4.06. The van der Waals surface area contributed by atoms with Crippen molar-refractivity contribution in [3.8, 4) is 6.07 Å². The van der Waals surface area contributed by atoms with Crippen LogP contribution in [0.5, 0.6) is 0 Å². The Morgan fingerprint density at radius 3 is 2.62 bits per heavy atom. The molecule has 0 spiro atoms. The minimum Gasteiger partial charge on any atom is -0.378 e. The maximum atomic E-state index is 14.8. The summed E-state index contributed by atoms with van der Waals surface area (Å²) in [5.41, 5.74) is 0.553. The SMILES string of the molecule is COC1(C)CCN(c2c(C#N)c(=O)[nH]c3ccc(C)c(F)c23)CC1. The molecule has 0 saturated carbocycles. The maximum absolute atomic E-state index is 14.8. The zero-order chi connectivity index (χ0) is 17.5. The first kappa shape index (κ1) is 16.5. The van der Waals surface area contributed by atoms with Crippen LogP contribution in [0.1, 0.15) is 30.9 Å². The topological polar surface area (TPSA) is 69.1 Å². The zero-order valence-electron chi connectivity index (χ0n) is 14.1. The average molecular weight is 329 g/mol. The lowest BCUT2D eigenvalue weighted by Crippen LogP contribution is -2.44. The number of ether oxygens (including phenoxy) is 1. The van der Waals surface area contributed by atoms with Gasteiger partial charge in [-0.25, -0.2) is 4.39 Å². The summed E-state index contributed by atoms with van der Waals surface area (Å²) in [6.45, 7) is 4.92. The molecule has 0 amide bonds. The fraction of sp³-hybridized carbons (Fsp3) is 0.444. The molecule has 126 valence electrons. The predicted molar refractivity (Wildman–Crippen MR) is 90.8 cm³/mol. The number of halogens is 1. The Labute approximate surface area is 139 Å². The lowest BCUT2D eigenvalue weighted by molar-refractivity contribution is -0.0132. The van der Waals surface area contributed by atoms with Crippen molar-refractivity contribution in [3.05, 3.63) is 39.4 Å². The number of aryl methyl sites for hydroxylation is 1. The van der Waals surface area contributed by atoms with Crippen molar-refractivity contribution in [2.75, 3.05) is 25.1 Å². The first-order valence-corrected chi connectivity index (χ1v) is 7.95. The van der Waals surface area contributed by atoms with E-state index in [1.54, 1.807) is 26.2 Å². The number of rotatable bonds is 2. The van der Waals surface area contributed by atoms with Crippen LogP contribution in [0.2, 0.25) is 0 Å². The monoisotopic (exact) mass is 329 g/mol. The van der Waals surface area contributed by atoms with E-state index in [4.69, 9.17) is 4.74 Å². The molecule has 2 aromatic rings. The summed E-state index contributed by atoms with van der Waals surface area (Å²) in [4.78, 5) is 16.8. The summed E-state index contributed by atoms with van der Waals surface area (Å²) >= 11 is 0. The molecule has 0 atom stereocenters. The van der Waals surface area contributed by atoms with E-state index in [0.29, 0.717) is 35.2 Å². The summed E-state index contributed by atoms with van der Waals surface area (Å²) in [5, 5.41) is 9.77. The van der Waals surface area contributed by atoms with Gasteiger partial charge < -0.3 is 14.6 Å². The van der Waals surface area contributed by atoms with Crippen LogP contribution in [0, 0.1) is 24.1 Å². The maximum Gasteiger partial charge on any atom is 0.268 e. The number of piperidine rings is 1. The van der Waals surface area contributed by atoms with E-state index in [1.807, 2.05) is 17.9 Å². The minimum absolute atomic E-state index is 0.0342. The van der Waals surface area contributed by atoms with Gasteiger partial charge in [0.2, 0.25) is 0 Å². The number of nitriles is 1. The molecule has 1 aromatic carbocycles. The zero-order valence-corrected chi connectivity index (χ0v) is 14.1. The number of aromatic nitrogens is 1. The van der Waals surface area contributed by atoms with Crippen LogP contribution in [-0.4, -0.2) is 30.8 Å². The van der Waals surface area contributed by atoms with Gasteiger partial charge in [0.15, 0.2) is 0 Å². The number of fused-ring (bicyclic) bond motifs is 1. The number of nitrogens with zero attached hydrogens (tertiary/aromatic N) is 2. The highest BCUT2D eigenvalue weighted by Crippen LogP contribution is 2.35. The third kappa shape index (κ3) is 2.55. The number of nitrogens with one attached hydrogen (secondary N) is 1. The molecule has 0 aliphatic carbocycles. The summed E-state index contributed by atoms with van der Waals surface area (Å²) in [7, 11) is 1.68. The van der Waals surface area contributed by atoms with E-state index in [0.717, 1.165) is 12.8 Å². The largest absolute Gasteiger partial charge is 0.378 e. The van der Waals surface area contributed by atoms with E-state index in [9.17, 15) is 14.4 Å². The summed E-state index contributed by atoms with van der Waals surface area (Å²) in [6.07, 6.45) is 1.49. The van der Waals surface area contributed by atoms with Crippen LogP contribution in [0.25, 0.3) is 10.9 Å². The normalized spacial score (nSPS) is 17.0. The van der Waals surface area contributed by atoms with Crippen LogP contribution in [0.4, 0.5) is 10.1 Å². The van der Waals surface area contributed by atoms with Crippen molar-refractivity contribution >= 4 is 16.6 Å². The number of hydrogen-bond acceptors (Lipinski definition) is 4. The Hall–Kier alpha value is -2.39. The molecule has 0 radical (unpaired) electrons. The van der Waals surface area contributed by atoms with Crippen LogP contribution >= 0.6 is 0 Å². The minimum atomic E-state index is -0.483. The van der Waals surface area contributed by atoms with E-state index in [2.05, 4.69) is 4.98 Å². The van der Waals surface area contributed by atoms with E-state index < -0.39 is 11.4 Å². The number of aromatic amines is 1. The van der Waals surface area contributed by atoms with Crippen molar-refractivity contribution in [1.29, 1.82) is 5.26 Å². The number of methoxy groups -OCH3 is 1. The number of hydrogen-bond donors (Lipinski definition) is 1. The second-order valence-electron chi connectivity index (χ2n) is 6.55. The molecule has 6 heteroatoms. The highest BCUT2D eigenvalue weighted by Gasteiger charge is 2.32. The molecule has 1 N–H and O–H groups in total. The first-order chi connectivity index (χ1) is 11.4. The molecular weight excluding hydrogens is 309 g/mol. The van der Waals surface area contributed by atoms with E-state index in [1.165, 1.54) is 0 Å². The van der Waals surface area contributed by atoms with Crippen molar-refractivity contribution < 1.29 is 9.13 Å². The first-order valence-electron chi connectivity index (χ1n) is 7.95. The standard InChI is InChI=1S/C18H20FN3O2/c1-11-4-5-13-14(15(11)19)16(12(10-20)17(23)21-13)22-8-6-18(2,24-3)7-9-22/h4-5H,6-9H2,1-3H3,(H,21,23). The van der Waals surface area contributed by atoms with Gasteiger partial charge in [0.25, 0.3) is 5.56 Å². The molecule has 1 aliphatic rings. The number of benzene rings is 1. The van der Waals surface area contributed by atoms with Crippen molar-refractivity contribution in [3.63, 3.8) is 0 Å². The fourth-order valence-electron chi connectivity index (χ4n) is 3.26. The molecule has 0 bridgehead atoms. The van der Waals surface area contributed by atoms with Gasteiger partial charge in [0.1, 0.15) is 17.4 Å². The van der Waals surface area contributed by atoms with Crippen molar-refractivity contribution in [2.45, 2.75) is 32.3 Å². The quantitative estimate of drug-likeness (QED) is 0.920. The van der Waals surface area contributed by atoms with Gasteiger partial charge in [-0.2, -0.15) is 5.26 Å². The Morgan fingerprint density at radius 2 is 2.04 bits per heavy atom. The lowest BCUT2D eigenvalue weighted by Gasteiger charge is -2.40.